The molecule has 0 amide bonds. The van der Waals surface area contributed by atoms with E-state index in [1.165, 1.54) is 0 Å². The molecule has 0 heterocycles. The van der Waals surface area contributed by atoms with Crippen LogP contribution in [0, 0.1) is 0 Å². The van der Waals surface area contributed by atoms with Crippen molar-refractivity contribution < 1.29 is 35.0 Å². The molecule has 6 heteroatoms. The van der Waals surface area contributed by atoms with E-state index in [-0.39, 0.29) is 16.5 Å². The van der Waals surface area contributed by atoms with Crippen LogP contribution < -0.4 is 0 Å². The Morgan fingerprint density at radius 3 is 1.56 bits per heavy atom. The predicted molar refractivity (Wildman–Crippen MR) is 70.0 cm³/mol. The molecule has 0 aromatic carbocycles. The molecule has 0 aromatic rings. The Labute approximate surface area is 121 Å². The maximum absolute atomic E-state index is 11.4. The third-order valence-corrected chi connectivity index (χ3v) is 3.52. The molecule has 0 saturated heterocycles. The molecule has 0 aliphatic carbocycles. The van der Waals surface area contributed by atoms with Gasteiger partial charge in [0.25, 0.3) is 0 Å². The second kappa shape index (κ2) is 14.0. The van der Waals surface area contributed by atoms with Gasteiger partial charge in [-0.25, -0.2) is 4.57 Å². The van der Waals surface area contributed by atoms with Gasteiger partial charge in [0.1, 0.15) is 0 Å². The molecule has 0 bridgehead atoms. The van der Waals surface area contributed by atoms with E-state index in [0.29, 0.717) is 13.2 Å². The van der Waals surface area contributed by atoms with Gasteiger partial charge in [-0.05, 0) is 12.8 Å². The van der Waals surface area contributed by atoms with Crippen LogP contribution in [0.1, 0.15) is 65.2 Å². The fourth-order valence-electron chi connectivity index (χ4n) is 1.45. The molecule has 0 radical (unpaired) electrons. The van der Waals surface area contributed by atoms with Crippen molar-refractivity contribution in [3.8, 4) is 0 Å². The minimum atomic E-state index is -3.79. The molecule has 0 unspecified atom stereocenters. The zero-order valence-corrected chi connectivity index (χ0v) is 13.4. The van der Waals surface area contributed by atoms with Gasteiger partial charge in [-0.1, -0.05) is 52.4 Å². The summed E-state index contributed by atoms with van der Waals surface area (Å²) >= 11 is 0. The van der Waals surface area contributed by atoms with E-state index in [1.54, 1.807) is 0 Å². The Morgan fingerprint density at radius 2 is 1.22 bits per heavy atom. The molecule has 18 heavy (non-hydrogen) atoms. The number of rotatable bonds is 12. The van der Waals surface area contributed by atoms with E-state index in [2.05, 4.69) is 13.8 Å². The number of unbranched alkanes of at least 4 members (excludes halogenated alkanes) is 6. The zero-order chi connectivity index (χ0) is 13.0. The maximum atomic E-state index is 11.4. The summed E-state index contributed by atoms with van der Waals surface area (Å²) in [6.07, 6.45) is 8.26. The summed E-state index contributed by atoms with van der Waals surface area (Å²) in [5, 5.41) is 0. The summed E-state index contributed by atoms with van der Waals surface area (Å²) in [5.41, 5.74) is 0. The Kier molecular flexibility index (Phi) is 16.3. The number of phosphoric ester groups is 1. The summed E-state index contributed by atoms with van der Waals surface area (Å²) < 4.78 is 21.1. The summed E-state index contributed by atoms with van der Waals surface area (Å²) in [6.45, 7) is 4.86. The van der Waals surface area contributed by atoms with Gasteiger partial charge in [0, 0.05) is 16.5 Å². The van der Waals surface area contributed by atoms with Crippen molar-refractivity contribution in [1.29, 1.82) is 0 Å². The molecule has 0 aliphatic rings. The van der Waals surface area contributed by atoms with Gasteiger partial charge in [-0.2, -0.15) is 0 Å². The molecule has 114 valence electrons. The summed E-state index contributed by atoms with van der Waals surface area (Å²) in [7, 11) is -3.79. The summed E-state index contributed by atoms with van der Waals surface area (Å²) in [4.78, 5) is 9.34. The van der Waals surface area contributed by atoms with Crippen LogP contribution in [0.5, 0.6) is 0 Å². The Hall–Kier alpha value is 0.604. The third-order valence-electron chi connectivity index (χ3n) is 2.50. The van der Waals surface area contributed by atoms with Crippen LogP contribution in [-0.2, 0) is 30.1 Å². The molecule has 0 aromatic heterocycles. The molecule has 0 rings (SSSR count). The van der Waals surface area contributed by atoms with E-state index < -0.39 is 7.82 Å². The summed E-state index contributed by atoms with van der Waals surface area (Å²) in [6, 6.07) is 0. The monoisotopic (exact) mass is 324 g/mol. The van der Waals surface area contributed by atoms with Crippen LogP contribution >= 0.6 is 7.82 Å². The first kappa shape index (κ1) is 20.9. The fourth-order valence-corrected chi connectivity index (χ4v) is 2.25. The van der Waals surface area contributed by atoms with Crippen LogP contribution in [0.25, 0.3) is 0 Å². The molecular weight excluding hydrogens is 298 g/mol. The van der Waals surface area contributed by atoms with E-state index in [1.807, 2.05) is 0 Å². The number of hydrogen-bond donors (Lipinski definition) is 1. The maximum Gasteiger partial charge on any atom is 0.472 e. The van der Waals surface area contributed by atoms with E-state index in [0.717, 1.165) is 51.4 Å². The molecule has 0 aliphatic heterocycles. The zero-order valence-electron chi connectivity index (χ0n) is 11.5. The smallest absolute Gasteiger partial charge is 0.302 e. The second-order valence-electron chi connectivity index (χ2n) is 4.26. The fraction of sp³-hybridized carbons (Fsp3) is 1.00. The van der Waals surface area contributed by atoms with Crippen molar-refractivity contribution in [3.05, 3.63) is 0 Å². The van der Waals surface area contributed by atoms with Gasteiger partial charge >= 0.3 is 7.82 Å². The first-order valence-corrected chi connectivity index (χ1v) is 8.23. The number of phosphoric acid groups is 1. The van der Waals surface area contributed by atoms with Gasteiger partial charge < -0.3 is 4.89 Å². The van der Waals surface area contributed by atoms with Gasteiger partial charge in [0.05, 0.1) is 13.2 Å². The quantitative estimate of drug-likeness (QED) is 0.331. The standard InChI is InChI=1S/C12H27O4P.Ni/c1-3-5-7-9-11-15-17(13,14)16-12-10-8-6-4-2;/h3-12H2,1-2H3,(H,13,14);. The topological polar surface area (TPSA) is 55.8 Å². The Morgan fingerprint density at radius 1 is 0.833 bits per heavy atom. The van der Waals surface area contributed by atoms with E-state index in [4.69, 9.17) is 9.05 Å². The average Bonchev–Trinajstić information content (AvgIpc) is 2.28. The number of hydrogen-bond acceptors (Lipinski definition) is 3. The molecule has 0 spiro atoms. The minimum absolute atomic E-state index is 0. The van der Waals surface area contributed by atoms with Crippen LogP contribution in [0.15, 0.2) is 0 Å². The Bertz CT molecular complexity index is 196. The van der Waals surface area contributed by atoms with Crippen molar-refractivity contribution >= 4 is 7.82 Å². The van der Waals surface area contributed by atoms with Gasteiger partial charge in [0.15, 0.2) is 0 Å². The average molecular weight is 325 g/mol. The van der Waals surface area contributed by atoms with Crippen LogP contribution in [0.4, 0.5) is 0 Å². The third kappa shape index (κ3) is 14.7. The first-order valence-electron chi connectivity index (χ1n) is 6.74. The van der Waals surface area contributed by atoms with E-state index in [9.17, 15) is 9.46 Å². The molecular formula is C12H27NiO4P. The van der Waals surface area contributed by atoms with Crippen molar-refractivity contribution in [2.45, 2.75) is 65.2 Å². The van der Waals surface area contributed by atoms with Gasteiger partial charge in [0.2, 0.25) is 0 Å². The van der Waals surface area contributed by atoms with Gasteiger partial charge in [-0.3, -0.25) is 9.05 Å². The molecule has 0 fully saturated rings. The molecule has 1 N–H and O–H groups in total. The van der Waals surface area contributed by atoms with Crippen molar-refractivity contribution in [3.63, 3.8) is 0 Å². The van der Waals surface area contributed by atoms with E-state index >= 15 is 0 Å². The largest absolute Gasteiger partial charge is 0.472 e. The normalized spacial score (nSPS) is 11.3. The Balaban J connectivity index is 0. The minimum Gasteiger partial charge on any atom is -0.302 e. The molecule has 0 atom stereocenters. The molecule has 4 nitrogen and oxygen atoms in total. The SMILES string of the molecule is CCCCCCOP(=O)(O)OCCCCCC.[Ni]. The van der Waals surface area contributed by atoms with Crippen LogP contribution in [0.3, 0.4) is 0 Å². The van der Waals surface area contributed by atoms with Crippen molar-refractivity contribution in [2.75, 3.05) is 13.2 Å². The van der Waals surface area contributed by atoms with Crippen molar-refractivity contribution in [2.24, 2.45) is 0 Å². The first-order chi connectivity index (χ1) is 8.12. The molecule has 0 saturated carbocycles. The van der Waals surface area contributed by atoms with Crippen LogP contribution in [-0.4, -0.2) is 18.1 Å². The summed E-state index contributed by atoms with van der Waals surface area (Å²) in [5.74, 6) is 0. The second-order valence-corrected chi connectivity index (χ2v) is 5.71. The van der Waals surface area contributed by atoms with Crippen molar-refractivity contribution in [1.82, 2.24) is 0 Å². The van der Waals surface area contributed by atoms with Crippen LogP contribution in [0.2, 0.25) is 0 Å². The van der Waals surface area contributed by atoms with Gasteiger partial charge in [-0.15, -0.1) is 0 Å². The predicted octanol–water partition coefficient (Wildman–Crippen LogP) is 4.28.